The van der Waals surface area contributed by atoms with Gasteiger partial charge in [0.2, 0.25) is 0 Å². The van der Waals surface area contributed by atoms with E-state index >= 15 is 0 Å². The quantitative estimate of drug-likeness (QED) is 0.599. The Morgan fingerprint density at radius 3 is 2.58 bits per heavy atom. The van der Waals surface area contributed by atoms with Crippen LogP contribution in [0.4, 0.5) is 4.79 Å². The summed E-state index contributed by atoms with van der Waals surface area (Å²) < 4.78 is 0.403. The summed E-state index contributed by atoms with van der Waals surface area (Å²) >= 11 is 9.10. The average molecular weight is 408 g/mol. The number of phenols is 1. The van der Waals surface area contributed by atoms with E-state index in [4.69, 9.17) is 11.6 Å². The van der Waals surface area contributed by atoms with Crippen molar-refractivity contribution in [1.29, 1.82) is 0 Å². The van der Waals surface area contributed by atoms with E-state index in [0.717, 1.165) is 10.5 Å². The number of phenolic OH excluding ortho intramolecular Hbond substituents is 1. The van der Waals surface area contributed by atoms with E-state index in [1.807, 2.05) is 30.3 Å². The average Bonchev–Trinajstić information content (AvgIpc) is 2.81. The molecule has 1 saturated heterocycles. The van der Waals surface area contributed by atoms with Crippen molar-refractivity contribution in [3.63, 3.8) is 0 Å². The molecule has 2 N–H and O–H groups in total. The Hall–Kier alpha value is -2.31. The maximum Gasteiger partial charge on any atom is 0.329 e. The molecule has 1 fully saturated rings. The Kier molecular flexibility index (Phi) is 4.59. The summed E-state index contributed by atoms with van der Waals surface area (Å²) in [4.78, 5) is 25.6. The minimum Gasteiger partial charge on any atom is -0.505 e. The van der Waals surface area contributed by atoms with Gasteiger partial charge in [-0.1, -0.05) is 41.9 Å². The van der Waals surface area contributed by atoms with Gasteiger partial charge in [0.05, 0.1) is 16.0 Å². The van der Waals surface area contributed by atoms with Crippen molar-refractivity contribution < 1.29 is 14.7 Å². The molecule has 0 aromatic heterocycles. The number of carbonyl (C=O) groups excluding carboxylic acids is 2. The summed E-state index contributed by atoms with van der Waals surface area (Å²) in [6.45, 7) is 0.197. The molecule has 1 heterocycles. The highest BCUT2D eigenvalue weighted by Crippen LogP contribution is 2.33. The zero-order valence-corrected chi connectivity index (χ0v) is 14.6. The molecule has 0 bridgehead atoms. The third-order valence-corrected chi connectivity index (χ3v) is 4.39. The number of rotatable bonds is 3. The van der Waals surface area contributed by atoms with E-state index in [9.17, 15) is 14.7 Å². The monoisotopic (exact) mass is 406 g/mol. The van der Waals surface area contributed by atoms with Crippen LogP contribution in [-0.4, -0.2) is 21.9 Å². The highest BCUT2D eigenvalue weighted by Gasteiger charge is 2.33. The molecule has 5 nitrogen and oxygen atoms in total. The maximum atomic E-state index is 12.4. The molecule has 0 atom stereocenters. The predicted molar refractivity (Wildman–Crippen MR) is 94.3 cm³/mol. The highest BCUT2D eigenvalue weighted by molar-refractivity contribution is 9.10. The van der Waals surface area contributed by atoms with Gasteiger partial charge < -0.3 is 10.4 Å². The van der Waals surface area contributed by atoms with Crippen LogP contribution in [-0.2, 0) is 11.3 Å². The molecule has 1 aliphatic rings. The summed E-state index contributed by atoms with van der Waals surface area (Å²) in [5.74, 6) is -0.490. The van der Waals surface area contributed by atoms with Gasteiger partial charge in [-0.3, -0.25) is 9.69 Å². The maximum absolute atomic E-state index is 12.4. The minimum atomic E-state index is -0.473. The van der Waals surface area contributed by atoms with E-state index in [-0.39, 0.29) is 23.0 Å². The zero-order valence-electron chi connectivity index (χ0n) is 12.3. The number of hydrogen-bond donors (Lipinski definition) is 2. The Labute approximate surface area is 151 Å². The molecular formula is C17H12BrClN2O3. The van der Waals surface area contributed by atoms with Crippen molar-refractivity contribution >= 4 is 45.5 Å². The number of imide groups is 1. The Morgan fingerprint density at radius 1 is 1.21 bits per heavy atom. The first-order chi connectivity index (χ1) is 11.5. The van der Waals surface area contributed by atoms with Crippen molar-refractivity contribution in [3.05, 3.63) is 68.8 Å². The Morgan fingerprint density at radius 2 is 1.92 bits per heavy atom. The molecule has 0 spiro atoms. The number of benzene rings is 2. The fraction of sp³-hybridized carbons (Fsp3) is 0.0588. The number of urea groups is 1. The van der Waals surface area contributed by atoms with Gasteiger partial charge in [-0.2, -0.15) is 0 Å². The van der Waals surface area contributed by atoms with Crippen molar-refractivity contribution in [2.75, 3.05) is 0 Å². The second-order valence-corrected chi connectivity index (χ2v) is 6.46. The lowest BCUT2D eigenvalue weighted by molar-refractivity contribution is -0.123. The van der Waals surface area contributed by atoms with Gasteiger partial charge >= 0.3 is 6.03 Å². The SMILES string of the molecule is O=C1N/C(=C/c2cc(Cl)c(O)c(Br)c2)C(=O)N1Cc1ccccc1. The third-order valence-electron chi connectivity index (χ3n) is 3.50. The number of aromatic hydroxyl groups is 1. The number of halogens is 2. The smallest absolute Gasteiger partial charge is 0.329 e. The van der Waals surface area contributed by atoms with Crippen LogP contribution in [0.25, 0.3) is 6.08 Å². The van der Waals surface area contributed by atoms with E-state index < -0.39 is 11.9 Å². The molecule has 1 aliphatic heterocycles. The molecule has 0 aliphatic carbocycles. The summed E-state index contributed by atoms with van der Waals surface area (Å²) in [6, 6.07) is 11.9. The number of hydrogen-bond acceptors (Lipinski definition) is 3. The van der Waals surface area contributed by atoms with Crippen LogP contribution in [0.3, 0.4) is 0 Å². The van der Waals surface area contributed by atoms with Crippen LogP contribution in [0.2, 0.25) is 5.02 Å². The molecule has 122 valence electrons. The summed E-state index contributed by atoms with van der Waals surface area (Å²) in [5, 5.41) is 12.3. The number of nitrogens with zero attached hydrogens (tertiary/aromatic N) is 1. The van der Waals surface area contributed by atoms with Gasteiger partial charge in [-0.15, -0.1) is 0 Å². The molecular weight excluding hydrogens is 396 g/mol. The molecule has 0 saturated carbocycles. The van der Waals surface area contributed by atoms with Gasteiger partial charge in [0.1, 0.15) is 11.4 Å². The van der Waals surface area contributed by atoms with Crippen molar-refractivity contribution in [2.45, 2.75) is 6.54 Å². The largest absolute Gasteiger partial charge is 0.505 e. The number of amides is 3. The van der Waals surface area contributed by atoms with Crippen molar-refractivity contribution in [2.24, 2.45) is 0 Å². The fourth-order valence-electron chi connectivity index (χ4n) is 2.32. The zero-order chi connectivity index (χ0) is 17.3. The van der Waals surface area contributed by atoms with E-state index in [0.29, 0.717) is 10.0 Å². The topological polar surface area (TPSA) is 69.6 Å². The van der Waals surface area contributed by atoms with E-state index in [2.05, 4.69) is 21.2 Å². The lowest BCUT2D eigenvalue weighted by Crippen LogP contribution is -2.30. The predicted octanol–water partition coefficient (Wildman–Crippen LogP) is 3.90. The number of carbonyl (C=O) groups is 2. The van der Waals surface area contributed by atoms with Gasteiger partial charge in [0.15, 0.2) is 0 Å². The van der Waals surface area contributed by atoms with Crippen LogP contribution >= 0.6 is 27.5 Å². The summed E-state index contributed by atoms with van der Waals surface area (Å²) in [6.07, 6.45) is 1.52. The molecule has 7 heteroatoms. The van der Waals surface area contributed by atoms with E-state index in [1.54, 1.807) is 6.07 Å². The molecule has 24 heavy (non-hydrogen) atoms. The van der Waals surface area contributed by atoms with Gasteiger partial charge in [0.25, 0.3) is 5.91 Å². The lowest BCUT2D eigenvalue weighted by atomic mass is 10.1. The Bertz CT molecular complexity index is 829. The molecule has 0 radical (unpaired) electrons. The second-order valence-electron chi connectivity index (χ2n) is 5.20. The third kappa shape index (κ3) is 3.29. The van der Waals surface area contributed by atoms with Gasteiger partial charge in [-0.25, -0.2) is 4.79 Å². The first-order valence-corrected chi connectivity index (χ1v) is 8.19. The molecule has 3 rings (SSSR count). The molecule has 2 aromatic rings. The van der Waals surface area contributed by atoms with Crippen molar-refractivity contribution in [3.8, 4) is 5.75 Å². The summed E-state index contributed by atoms with van der Waals surface area (Å²) in [5.41, 5.74) is 1.59. The standard InChI is InChI=1S/C17H12BrClN2O3/c18-12-6-11(7-13(19)15(12)22)8-14-16(23)21(17(24)20-14)9-10-4-2-1-3-5-10/h1-8,22H,9H2,(H,20,24)/b14-8+. The van der Waals surface area contributed by atoms with Gasteiger partial charge in [-0.05, 0) is 45.3 Å². The van der Waals surface area contributed by atoms with Crippen LogP contribution in [0, 0.1) is 0 Å². The van der Waals surface area contributed by atoms with Crippen molar-refractivity contribution in [1.82, 2.24) is 10.2 Å². The highest BCUT2D eigenvalue weighted by atomic mass is 79.9. The van der Waals surface area contributed by atoms with Crippen LogP contribution < -0.4 is 5.32 Å². The first kappa shape index (κ1) is 16.5. The fourth-order valence-corrected chi connectivity index (χ4v) is 3.14. The Balaban J connectivity index is 1.86. The van der Waals surface area contributed by atoms with Gasteiger partial charge in [0, 0.05) is 0 Å². The van der Waals surface area contributed by atoms with Crippen LogP contribution in [0.15, 0.2) is 52.6 Å². The molecule has 2 aromatic carbocycles. The lowest BCUT2D eigenvalue weighted by Gasteiger charge is -2.11. The molecule has 3 amide bonds. The normalized spacial score (nSPS) is 15.9. The number of nitrogens with one attached hydrogen (secondary N) is 1. The van der Waals surface area contributed by atoms with Crippen LogP contribution in [0.1, 0.15) is 11.1 Å². The first-order valence-electron chi connectivity index (χ1n) is 7.02. The summed E-state index contributed by atoms with van der Waals surface area (Å²) in [7, 11) is 0. The van der Waals surface area contributed by atoms with E-state index in [1.165, 1.54) is 12.1 Å². The molecule has 0 unspecified atom stereocenters. The second kappa shape index (κ2) is 6.67. The van der Waals surface area contributed by atoms with Crippen LogP contribution in [0.5, 0.6) is 5.75 Å². The minimum absolute atomic E-state index is 0.0775.